The quantitative estimate of drug-likeness (QED) is 0.620. The van der Waals surface area contributed by atoms with Gasteiger partial charge in [-0.15, -0.1) is 0 Å². The third-order valence-electron chi connectivity index (χ3n) is 2.63. The monoisotopic (exact) mass is 229 g/mol. The Kier molecular flexibility index (Phi) is 5.21. The molecule has 1 rings (SSSR count). The van der Waals surface area contributed by atoms with Gasteiger partial charge in [-0.1, -0.05) is 0 Å². The Bertz CT molecular complexity index is 258. The van der Waals surface area contributed by atoms with Crippen LogP contribution in [0.3, 0.4) is 0 Å². The molecule has 1 aliphatic rings. The molecule has 6 heteroatoms. The number of hydrogen-bond donors (Lipinski definition) is 2. The fourth-order valence-electron chi connectivity index (χ4n) is 1.74. The fourth-order valence-corrected chi connectivity index (χ4v) is 1.74. The first-order chi connectivity index (χ1) is 7.70. The highest BCUT2D eigenvalue weighted by atomic mass is 16.5. The molecule has 92 valence electrons. The molecule has 0 spiro atoms. The van der Waals surface area contributed by atoms with E-state index in [9.17, 15) is 9.59 Å². The second kappa shape index (κ2) is 6.44. The Morgan fingerprint density at radius 3 is 2.94 bits per heavy atom. The summed E-state index contributed by atoms with van der Waals surface area (Å²) in [6.07, 6.45) is 0.323. The Balaban J connectivity index is 2.59. The average molecular weight is 229 g/mol. The first-order valence-electron chi connectivity index (χ1n) is 5.41. The SMILES string of the molecule is CNC(=O)C1CNCCN1C(=O)CCOC. The van der Waals surface area contributed by atoms with E-state index in [0.29, 0.717) is 26.1 Å². The van der Waals surface area contributed by atoms with Crippen LogP contribution in [-0.2, 0) is 14.3 Å². The largest absolute Gasteiger partial charge is 0.384 e. The zero-order chi connectivity index (χ0) is 12.0. The summed E-state index contributed by atoms with van der Waals surface area (Å²) in [5.74, 6) is -0.157. The summed E-state index contributed by atoms with van der Waals surface area (Å²) >= 11 is 0. The molecule has 2 amide bonds. The molecule has 0 radical (unpaired) electrons. The van der Waals surface area contributed by atoms with Gasteiger partial charge in [-0.25, -0.2) is 0 Å². The van der Waals surface area contributed by atoms with E-state index in [0.717, 1.165) is 6.54 Å². The molecule has 1 fully saturated rings. The normalized spacial score (nSPS) is 20.6. The van der Waals surface area contributed by atoms with Gasteiger partial charge in [-0.3, -0.25) is 9.59 Å². The highest BCUT2D eigenvalue weighted by molar-refractivity contribution is 5.88. The lowest BCUT2D eigenvalue weighted by atomic mass is 10.1. The van der Waals surface area contributed by atoms with Gasteiger partial charge in [0.05, 0.1) is 13.0 Å². The van der Waals surface area contributed by atoms with E-state index < -0.39 is 6.04 Å². The Hall–Kier alpha value is -1.14. The van der Waals surface area contributed by atoms with E-state index >= 15 is 0 Å². The van der Waals surface area contributed by atoms with Crippen molar-refractivity contribution >= 4 is 11.8 Å². The molecule has 0 aromatic heterocycles. The van der Waals surface area contributed by atoms with Gasteiger partial charge in [0.25, 0.3) is 0 Å². The number of nitrogens with zero attached hydrogens (tertiary/aromatic N) is 1. The summed E-state index contributed by atoms with van der Waals surface area (Å²) in [5.41, 5.74) is 0. The molecular formula is C10H19N3O3. The summed E-state index contributed by atoms with van der Waals surface area (Å²) < 4.78 is 4.86. The van der Waals surface area contributed by atoms with E-state index in [1.807, 2.05) is 0 Å². The van der Waals surface area contributed by atoms with Crippen LogP contribution in [-0.4, -0.2) is 63.2 Å². The molecule has 0 aliphatic carbocycles. The number of piperazine rings is 1. The second-order valence-corrected chi connectivity index (χ2v) is 3.66. The van der Waals surface area contributed by atoms with Gasteiger partial charge >= 0.3 is 0 Å². The number of amides is 2. The number of hydrogen-bond acceptors (Lipinski definition) is 4. The minimum Gasteiger partial charge on any atom is -0.384 e. The van der Waals surface area contributed by atoms with Crippen LogP contribution in [0, 0.1) is 0 Å². The summed E-state index contributed by atoms with van der Waals surface area (Å²) in [7, 11) is 3.13. The maximum absolute atomic E-state index is 11.8. The number of rotatable bonds is 4. The van der Waals surface area contributed by atoms with Gasteiger partial charge in [0, 0.05) is 33.8 Å². The summed E-state index contributed by atoms with van der Waals surface area (Å²) in [6.45, 7) is 2.20. The van der Waals surface area contributed by atoms with Crippen LogP contribution < -0.4 is 10.6 Å². The Labute approximate surface area is 95.3 Å². The lowest BCUT2D eigenvalue weighted by Crippen LogP contribution is -2.59. The molecule has 0 bridgehead atoms. The molecule has 1 saturated heterocycles. The molecular weight excluding hydrogens is 210 g/mol. The zero-order valence-electron chi connectivity index (χ0n) is 9.78. The molecule has 1 aliphatic heterocycles. The van der Waals surface area contributed by atoms with Crippen LogP contribution in [0.25, 0.3) is 0 Å². The van der Waals surface area contributed by atoms with Crippen LogP contribution in [0.5, 0.6) is 0 Å². The van der Waals surface area contributed by atoms with Crippen molar-refractivity contribution in [2.24, 2.45) is 0 Å². The first-order valence-corrected chi connectivity index (χ1v) is 5.41. The van der Waals surface area contributed by atoms with Gasteiger partial charge in [0.1, 0.15) is 6.04 Å². The molecule has 2 N–H and O–H groups in total. The predicted octanol–water partition coefficient (Wildman–Crippen LogP) is -1.43. The first kappa shape index (κ1) is 12.9. The summed E-state index contributed by atoms with van der Waals surface area (Å²) in [5, 5.41) is 5.68. The standard InChI is InChI=1S/C10H19N3O3/c1-11-10(15)8-7-12-4-5-13(8)9(14)3-6-16-2/h8,12H,3-7H2,1-2H3,(H,11,15). The van der Waals surface area contributed by atoms with Crippen molar-refractivity contribution in [2.45, 2.75) is 12.5 Å². The number of carbonyl (C=O) groups is 2. The molecule has 1 unspecified atom stereocenters. The van der Waals surface area contributed by atoms with Crippen LogP contribution in [0.15, 0.2) is 0 Å². The molecule has 6 nitrogen and oxygen atoms in total. The maximum Gasteiger partial charge on any atom is 0.243 e. The van der Waals surface area contributed by atoms with Gasteiger partial charge in [0.2, 0.25) is 11.8 Å². The highest BCUT2D eigenvalue weighted by Gasteiger charge is 2.30. The van der Waals surface area contributed by atoms with E-state index in [1.165, 1.54) is 0 Å². The lowest BCUT2D eigenvalue weighted by molar-refractivity contribution is -0.142. The second-order valence-electron chi connectivity index (χ2n) is 3.66. The van der Waals surface area contributed by atoms with Crippen molar-refractivity contribution in [3.63, 3.8) is 0 Å². The predicted molar refractivity (Wildman–Crippen MR) is 58.9 cm³/mol. The Morgan fingerprint density at radius 1 is 1.56 bits per heavy atom. The number of ether oxygens (including phenoxy) is 1. The van der Waals surface area contributed by atoms with Crippen LogP contribution in [0.2, 0.25) is 0 Å². The van der Waals surface area contributed by atoms with Crippen molar-refractivity contribution in [2.75, 3.05) is 40.4 Å². The topological polar surface area (TPSA) is 70.7 Å². The van der Waals surface area contributed by atoms with Gasteiger partial charge in [-0.2, -0.15) is 0 Å². The van der Waals surface area contributed by atoms with E-state index in [1.54, 1.807) is 19.1 Å². The van der Waals surface area contributed by atoms with Crippen molar-refractivity contribution in [1.29, 1.82) is 0 Å². The van der Waals surface area contributed by atoms with Crippen LogP contribution >= 0.6 is 0 Å². The van der Waals surface area contributed by atoms with E-state index in [4.69, 9.17) is 4.74 Å². The zero-order valence-corrected chi connectivity index (χ0v) is 9.78. The molecule has 0 aromatic carbocycles. The number of methoxy groups -OCH3 is 1. The fraction of sp³-hybridized carbons (Fsp3) is 0.800. The van der Waals surface area contributed by atoms with Crippen molar-refractivity contribution < 1.29 is 14.3 Å². The number of likely N-dealkylation sites (N-methyl/N-ethyl adjacent to an activating group) is 1. The molecule has 0 saturated carbocycles. The van der Waals surface area contributed by atoms with Crippen LogP contribution in [0.1, 0.15) is 6.42 Å². The minimum atomic E-state index is -0.400. The molecule has 16 heavy (non-hydrogen) atoms. The number of carbonyl (C=O) groups excluding carboxylic acids is 2. The lowest BCUT2D eigenvalue weighted by Gasteiger charge is -2.34. The molecule has 1 atom stereocenters. The maximum atomic E-state index is 11.8. The average Bonchev–Trinajstić information content (AvgIpc) is 2.35. The van der Waals surface area contributed by atoms with E-state index in [2.05, 4.69) is 10.6 Å². The molecule has 0 aromatic rings. The summed E-state index contributed by atoms with van der Waals surface area (Å²) in [4.78, 5) is 25.0. The molecule has 1 heterocycles. The third-order valence-corrected chi connectivity index (χ3v) is 2.63. The van der Waals surface area contributed by atoms with Gasteiger partial charge in [0.15, 0.2) is 0 Å². The van der Waals surface area contributed by atoms with Gasteiger partial charge < -0.3 is 20.3 Å². The Morgan fingerprint density at radius 2 is 2.31 bits per heavy atom. The highest BCUT2D eigenvalue weighted by Crippen LogP contribution is 2.06. The van der Waals surface area contributed by atoms with Gasteiger partial charge in [-0.05, 0) is 0 Å². The minimum absolute atomic E-state index is 0.0306. The van der Waals surface area contributed by atoms with Crippen molar-refractivity contribution in [3.8, 4) is 0 Å². The number of nitrogens with one attached hydrogen (secondary N) is 2. The smallest absolute Gasteiger partial charge is 0.243 e. The van der Waals surface area contributed by atoms with E-state index in [-0.39, 0.29) is 11.8 Å². The third kappa shape index (κ3) is 3.18. The summed E-state index contributed by atoms with van der Waals surface area (Å²) in [6, 6.07) is -0.400. The van der Waals surface area contributed by atoms with Crippen LogP contribution in [0.4, 0.5) is 0 Å². The van der Waals surface area contributed by atoms with Crippen molar-refractivity contribution in [1.82, 2.24) is 15.5 Å². The van der Waals surface area contributed by atoms with Crippen molar-refractivity contribution in [3.05, 3.63) is 0 Å².